The molecule has 0 saturated heterocycles. The van der Waals surface area contributed by atoms with E-state index in [1.807, 2.05) is 0 Å². The van der Waals surface area contributed by atoms with Gasteiger partial charge in [-0.3, -0.25) is 4.79 Å². The number of carboxylic acid groups (broad SMARTS) is 1. The quantitative estimate of drug-likeness (QED) is 0.728. The van der Waals surface area contributed by atoms with Crippen molar-refractivity contribution in [2.24, 2.45) is 5.41 Å². The van der Waals surface area contributed by atoms with Crippen LogP contribution in [0.1, 0.15) is 44.3 Å². The number of furan rings is 1. The lowest BCUT2D eigenvalue weighted by atomic mass is 9.80. The SMILES string of the molecule is O=C(NCc1ccco1)NCC1(C(=O)O)CCCCCC1. The van der Waals surface area contributed by atoms with E-state index in [4.69, 9.17) is 4.42 Å². The van der Waals surface area contributed by atoms with Gasteiger partial charge >= 0.3 is 12.0 Å². The molecule has 1 fully saturated rings. The van der Waals surface area contributed by atoms with E-state index in [1.54, 1.807) is 18.4 Å². The van der Waals surface area contributed by atoms with Gasteiger partial charge in [0.2, 0.25) is 0 Å². The number of rotatable bonds is 5. The van der Waals surface area contributed by atoms with E-state index in [-0.39, 0.29) is 12.6 Å². The Kier molecular flexibility index (Phi) is 5.25. The molecular weight excluding hydrogens is 272 g/mol. The zero-order chi connectivity index (χ0) is 15.1. The minimum atomic E-state index is -0.821. The highest BCUT2D eigenvalue weighted by Crippen LogP contribution is 2.34. The van der Waals surface area contributed by atoms with Crippen LogP contribution in [0.4, 0.5) is 4.79 Å². The van der Waals surface area contributed by atoms with Crippen LogP contribution in [-0.4, -0.2) is 23.7 Å². The van der Waals surface area contributed by atoms with Gasteiger partial charge in [-0.05, 0) is 25.0 Å². The molecule has 1 aromatic rings. The van der Waals surface area contributed by atoms with E-state index < -0.39 is 11.4 Å². The van der Waals surface area contributed by atoms with Gasteiger partial charge in [-0.1, -0.05) is 25.7 Å². The molecule has 1 heterocycles. The monoisotopic (exact) mass is 294 g/mol. The molecule has 0 aromatic carbocycles. The normalized spacial score (nSPS) is 17.7. The predicted molar refractivity (Wildman–Crippen MR) is 76.7 cm³/mol. The average molecular weight is 294 g/mol. The molecule has 0 atom stereocenters. The minimum Gasteiger partial charge on any atom is -0.481 e. The van der Waals surface area contributed by atoms with Gasteiger partial charge in [0, 0.05) is 6.54 Å². The lowest BCUT2D eigenvalue weighted by molar-refractivity contribution is -0.149. The first kappa shape index (κ1) is 15.4. The van der Waals surface area contributed by atoms with Gasteiger partial charge in [-0.15, -0.1) is 0 Å². The third-order valence-corrected chi connectivity index (χ3v) is 4.10. The highest BCUT2D eigenvalue weighted by Gasteiger charge is 2.38. The summed E-state index contributed by atoms with van der Waals surface area (Å²) in [5, 5.41) is 14.9. The minimum absolute atomic E-state index is 0.173. The van der Waals surface area contributed by atoms with Crippen LogP contribution in [-0.2, 0) is 11.3 Å². The second kappa shape index (κ2) is 7.15. The summed E-state index contributed by atoms with van der Waals surface area (Å²) in [4.78, 5) is 23.4. The highest BCUT2D eigenvalue weighted by molar-refractivity contribution is 5.78. The summed E-state index contributed by atoms with van der Waals surface area (Å²) in [6, 6.07) is 3.15. The fraction of sp³-hybridized carbons (Fsp3) is 0.600. The first-order chi connectivity index (χ1) is 10.1. The molecule has 6 heteroatoms. The summed E-state index contributed by atoms with van der Waals surface area (Å²) in [7, 11) is 0. The number of nitrogens with one attached hydrogen (secondary N) is 2. The standard InChI is InChI=1S/C15H22N2O4/c18-13(19)15(7-3-1-2-4-8-15)11-17-14(20)16-10-12-6-5-9-21-12/h5-6,9H,1-4,7-8,10-11H2,(H,18,19)(H2,16,17,20). The Balaban J connectivity index is 1.83. The Morgan fingerprint density at radius 3 is 2.48 bits per heavy atom. The maximum atomic E-state index is 11.8. The fourth-order valence-electron chi connectivity index (χ4n) is 2.76. The summed E-state index contributed by atoms with van der Waals surface area (Å²) in [5.41, 5.74) is -0.821. The van der Waals surface area contributed by atoms with Gasteiger partial charge in [-0.25, -0.2) is 4.79 Å². The molecule has 2 amide bonds. The zero-order valence-corrected chi connectivity index (χ0v) is 12.1. The number of aliphatic carboxylic acids is 1. The Morgan fingerprint density at radius 1 is 1.19 bits per heavy atom. The summed E-state index contributed by atoms with van der Waals surface area (Å²) < 4.78 is 5.12. The molecule has 1 aliphatic rings. The van der Waals surface area contributed by atoms with Crippen LogP contribution in [0.5, 0.6) is 0 Å². The van der Waals surface area contributed by atoms with Crippen molar-refractivity contribution in [3.8, 4) is 0 Å². The van der Waals surface area contributed by atoms with Gasteiger partial charge in [0.25, 0.3) is 0 Å². The summed E-state index contributed by atoms with van der Waals surface area (Å²) in [6.45, 7) is 0.464. The Hall–Kier alpha value is -1.98. The van der Waals surface area contributed by atoms with E-state index in [1.165, 1.54) is 0 Å². The third-order valence-electron chi connectivity index (χ3n) is 4.10. The number of amides is 2. The first-order valence-electron chi connectivity index (χ1n) is 7.40. The molecule has 2 rings (SSSR count). The highest BCUT2D eigenvalue weighted by atomic mass is 16.4. The number of carbonyl (C=O) groups excluding carboxylic acids is 1. The van der Waals surface area contributed by atoms with Crippen LogP contribution in [0.25, 0.3) is 0 Å². The molecule has 0 unspecified atom stereocenters. The van der Waals surface area contributed by atoms with Gasteiger partial charge < -0.3 is 20.2 Å². The average Bonchev–Trinajstić information content (AvgIpc) is 2.87. The van der Waals surface area contributed by atoms with Crippen molar-refractivity contribution in [2.75, 3.05) is 6.54 Å². The number of carbonyl (C=O) groups is 2. The van der Waals surface area contributed by atoms with Gasteiger partial charge in [0.1, 0.15) is 5.76 Å². The van der Waals surface area contributed by atoms with Crippen molar-refractivity contribution in [3.63, 3.8) is 0 Å². The molecule has 0 bridgehead atoms. The zero-order valence-electron chi connectivity index (χ0n) is 12.1. The summed E-state index contributed by atoms with van der Waals surface area (Å²) >= 11 is 0. The van der Waals surface area contributed by atoms with Gasteiger partial charge in [0.05, 0.1) is 18.2 Å². The topological polar surface area (TPSA) is 91.6 Å². The predicted octanol–water partition coefficient (Wildman–Crippen LogP) is 2.50. The van der Waals surface area contributed by atoms with Gasteiger partial charge in [-0.2, -0.15) is 0 Å². The summed E-state index contributed by atoms with van der Waals surface area (Å²) in [6.07, 6.45) is 6.74. The van der Waals surface area contributed by atoms with E-state index in [0.29, 0.717) is 25.1 Å². The molecule has 1 aromatic heterocycles. The lowest BCUT2D eigenvalue weighted by Crippen LogP contribution is -2.46. The first-order valence-corrected chi connectivity index (χ1v) is 7.40. The Labute approximate surface area is 123 Å². The molecule has 1 saturated carbocycles. The van der Waals surface area contributed by atoms with Crippen molar-refractivity contribution in [3.05, 3.63) is 24.2 Å². The van der Waals surface area contributed by atoms with Crippen LogP contribution in [0, 0.1) is 5.41 Å². The molecule has 0 aliphatic heterocycles. The van der Waals surface area contributed by atoms with Crippen LogP contribution in [0.2, 0.25) is 0 Å². The molecule has 116 valence electrons. The van der Waals surface area contributed by atoms with Crippen LogP contribution in [0.3, 0.4) is 0 Å². The molecule has 3 N–H and O–H groups in total. The number of hydrogen-bond acceptors (Lipinski definition) is 3. The van der Waals surface area contributed by atoms with E-state index in [9.17, 15) is 14.7 Å². The lowest BCUT2D eigenvalue weighted by Gasteiger charge is -2.28. The summed E-state index contributed by atoms with van der Waals surface area (Å²) in [5.74, 6) is -0.150. The number of urea groups is 1. The van der Waals surface area contributed by atoms with Crippen molar-refractivity contribution < 1.29 is 19.1 Å². The smallest absolute Gasteiger partial charge is 0.315 e. The van der Waals surface area contributed by atoms with Crippen molar-refractivity contribution in [2.45, 2.75) is 45.1 Å². The van der Waals surface area contributed by atoms with Crippen molar-refractivity contribution >= 4 is 12.0 Å². The Bertz CT molecular complexity index is 462. The number of carboxylic acids is 1. The molecular formula is C15H22N2O4. The molecule has 1 aliphatic carbocycles. The number of hydrogen-bond donors (Lipinski definition) is 3. The molecule has 0 spiro atoms. The van der Waals surface area contributed by atoms with E-state index >= 15 is 0 Å². The van der Waals surface area contributed by atoms with Crippen LogP contribution < -0.4 is 10.6 Å². The second-order valence-electron chi connectivity index (χ2n) is 5.62. The van der Waals surface area contributed by atoms with Crippen molar-refractivity contribution in [1.29, 1.82) is 0 Å². The van der Waals surface area contributed by atoms with Crippen molar-refractivity contribution in [1.82, 2.24) is 10.6 Å². The molecule has 21 heavy (non-hydrogen) atoms. The second-order valence-corrected chi connectivity index (χ2v) is 5.62. The Morgan fingerprint density at radius 2 is 1.90 bits per heavy atom. The fourth-order valence-corrected chi connectivity index (χ4v) is 2.76. The third kappa shape index (κ3) is 4.24. The van der Waals surface area contributed by atoms with E-state index in [2.05, 4.69) is 10.6 Å². The maximum absolute atomic E-state index is 11.8. The van der Waals surface area contributed by atoms with Gasteiger partial charge in [0.15, 0.2) is 0 Å². The largest absolute Gasteiger partial charge is 0.481 e. The van der Waals surface area contributed by atoms with Crippen LogP contribution >= 0.6 is 0 Å². The molecule has 6 nitrogen and oxygen atoms in total. The molecule has 0 radical (unpaired) electrons. The van der Waals surface area contributed by atoms with E-state index in [0.717, 1.165) is 25.7 Å². The van der Waals surface area contributed by atoms with Crippen LogP contribution in [0.15, 0.2) is 22.8 Å². The maximum Gasteiger partial charge on any atom is 0.315 e.